The molecule has 2 rings (SSSR count). The molecule has 28 heavy (non-hydrogen) atoms. The fourth-order valence-electron chi connectivity index (χ4n) is 2.53. The van der Waals surface area contributed by atoms with E-state index in [1.54, 1.807) is 25.1 Å². The average Bonchev–Trinajstić information content (AvgIpc) is 2.61. The van der Waals surface area contributed by atoms with Gasteiger partial charge in [0, 0.05) is 4.47 Å². The van der Waals surface area contributed by atoms with Crippen LogP contribution in [0.15, 0.2) is 46.9 Å². The van der Waals surface area contributed by atoms with Crippen LogP contribution in [0.5, 0.6) is 5.75 Å². The number of nitrogens with one attached hydrogen (secondary N) is 1. The third-order valence-electron chi connectivity index (χ3n) is 4.05. The number of sulfonamides is 1. The van der Waals surface area contributed by atoms with Crippen molar-refractivity contribution in [1.29, 1.82) is 0 Å². The largest absolute Gasteiger partial charge is 0.491 e. The summed E-state index contributed by atoms with van der Waals surface area (Å²) >= 11 is 3.39. The summed E-state index contributed by atoms with van der Waals surface area (Å²) in [4.78, 5) is 12.4. The topological polar surface area (TPSA) is 75.7 Å². The summed E-state index contributed by atoms with van der Waals surface area (Å²) in [6, 6.07) is 12.5. The lowest BCUT2D eigenvalue weighted by Crippen LogP contribution is -2.44. The van der Waals surface area contributed by atoms with Crippen LogP contribution in [-0.4, -0.2) is 39.8 Å². The van der Waals surface area contributed by atoms with Gasteiger partial charge >= 0.3 is 0 Å². The molecule has 0 aliphatic rings. The molecular weight excluding hydrogens is 444 g/mol. The number of rotatable bonds is 8. The van der Waals surface area contributed by atoms with Gasteiger partial charge in [-0.15, -0.1) is 0 Å². The van der Waals surface area contributed by atoms with Crippen molar-refractivity contribution < 1.29 is 17.9 Å². The van der Waals surface area contributed by atoms with Gasteiger partial charge in [0.1, 0.15) is 18.9 Å². The summed E-state index contributed by atoms with van der Waals surface area (Å²) in [7, 11) is -3.61. The number of carbonyl (C=O) groups is 1. The Morgan fingerprint density at radius 3 is 2.39 bits per heavy atom. The van der Waals surface area contributed by atoms with Crippen molar-refractivity contribution in [2.24, 2.45) is 0 Å². The van der Waals surface area contributed by atoms with Gasteiger partial charge in [-0.3, -0.25) is 9.10 Å². The highest BCUT2D eigenvalue weighted by atomic mass is 79.9. The van der Waals surface area contributed by atoms with E-state index in [1.165, 1.54) is 0 Å². The van der Waals surface area contributed by atoms with E-state index >= 15 is 0 Å². The number of amides is 1. The number of hydrogen-bond acceptors (Lipinski definition) is 4. The number of anilines is 1. The minimum absolute atomic E-state index is 0.276. The molecule has 0 fully saturated rings. The van der Waals surface area contributed by atoms with Crippen molar-refractivity contribution in [3.05, 3.63) is 58.1 Å². The molecule has 6 nitrogen and oxygen atoms in total. The Hall–Kier alpha value is -2.06. The summed E-state index contributed by atoms with van der Waals surface area (Å²) in [6.45, 7) is 5.65. The molecule has 0 aliphatic heterocycles. The van der Waals surface area contributed by atoms with E-state index in [0.29, 0.717) is 5.69 Å². The quantitative estimate of drug-likeness (QED) is 0.643. The first kappa shape index (κ1) is 22.2. The Bertz CT molecular complexity index is 930. The van der Waals surface area contributed by atoms with Gasteiger partial charge in [0.25, 0.3) is 0 Å². The van der Waals surface area contributed by atoms with Crippen molar-refractivity contribution in [2.45, 2.75) is 26.8 Å². The lowest BCUT2D eigenvalue weighted by Gasteiger charge is -2.23. The monoisotopic (exact) mass is 468 g/mol. The molecule has 0 aliphatic carbocycles. The number of carbonyl (C=O) groups excluding carboxylic acids is 1. The Morgan fingerprint density at radius 1 is 1.18 bits per heavy atom. The predicted molar refractivity (Wildman–Crippen MR) is 115 cm³/mol. The molecule has 0 spiro atoms. The molecule has 152 valence electrons. The zero-order valence-corrected chi connectivity index (χ0v) is 18.8. The summed E-state index contributed by atoms with van der Waals surface area (Å²) in [6.07, 6.45) is 1.08. The van der Waals surface area contributed by atoms with Gasteiger partial charge in [-0.1, -0.05) is 33.6 Å². The second kappa shape index (κ2) is 9.43. The normalized spacial score (nSPS) is 12.3. The molecule has 0 bridgehead atoms. The van der Waals surface area contributed by atoms with E-state index in [-0.39, 0.29) is 19.2 Å². The molecule has 0 heterocycles. The van der Waals surface area contributed by atoms with Gasteiger partial charge in [-0.2, -0.15) is 0 Å². The molecule has 1 atom stereocenters. The fraction of sp³-hybridized carbons (Fsp3) is 0.350. The summed E-state index contributed by atoms with van der Waals surface area (Å²) in [5.74, 6) is 0.320. The van der Waals surface area contributed by atoms with Gasteiger partial charge in [-0.25, -0.2) is 8.42 Å². The van der Waals surface area contributed by atoms with E-state index < -0.39 is 15.9 Å². The molecule has 8 heteroatoms. The lowest BCUT2D eigenvalue weighted by atomic mass is 10.2. The Balaban J connectivity index is 1.99. The van der Waals surface area contributed by atoms with Gasteiger partial charge in [0.2, 0.25) is 15.9 Å². The molecule has 0 radical (unpaired) electrons. The minimum atomic E-state index is -3.61. The van der Waals surface area contributed by atoms with Crippen molar-refractivity contribution in [1.82, 2.24) is 5.32 Å². The summed E-state index contributed by atoms with van der Waals surface area (Å²) < 4.78 is 32.0. The Morgan fingerprint density at radius 2 is 1.82 bits per heavy atom. The zero-order valence-electron chi connectivity index (χ0n) is 16.4. The van der Waals surface area contributed by atoms with Crippen LogP contribution in [0.4, 0.5) is 5.69 Å². The van der Waals surface area contributed by atoms with Crippen LogP contribution in [0.3, 0.4) is 0 Å². The van der Waals surface area contributed by atoms with E-state index in [0.717, 1.165) is 31.9 Å². The maximum atomic E-state index is 12.4. The van der Waals surface area contributed by atoms with Crippen molar-refractivity contribution in [3.63, 3.8) is 0 Å². The second-order valence-corrected chi connectivity index (χ2v) is 9.56. The van der Waals surface area contributed by atoms with Crippen LogP contribution < -0.4 is 14.4 Å². The molecule has 1 amide bonds. The van der Waals surface area contributed by atoms with Crippen LogP contribution >= 0.6 is 15.9 Å². The highest BCUT2D eigenvalue weighted by Gasteiger charge is 2.22. The molecule has 2 aromatic carbocycles. The molecule has 1 N–H and O–H groups in total. The van der Waals surface area contributed by atoms with Crippen LogP contribution in [0.1, 0.15) is 18.1 Å². The standard InChI is InChI=1S/C20H25BrN2O4S/c1-14-5-8-18(9-6-14)27-13-16(3)22-20(24)12-23(28(4,25)26)17-7-10-19(21)15(2)11-17/h5-11,16H,12-13H2,1-4H3,(H,22,24). The number of halogens is 1. The number of ether oxygens (including phenoxy) is 1. The van der Waals surface area contributed by atoms with E-state index in [9.17, 15) is 13.2 Å². The lowest BCUT2D eigenvalue weighted by molar-refractivity contribution is -0.120. The number of nitrogens with zero attached hydrogens (tertiary/aromatic N) is 1. The smallest absolute Gasteiger partial charge is 0.241 e. The Kier molecular flexibility index (Phi) is 7.48. The molecule has 0 saturated heterocycles. The van der Waals surface area contributed by atoms with Crippen LogP contribution in [0.25, 0.3) is 0 Å². The van der Waals surface area contributed by atoms with Gasteiger partial charge in [0.05, 0.1) is 18.0 Å². The molecule has 1 unspecified atom stereocenters. The third-order valence-corrected chi connectivity index (χ3v) is 6.08. The van der Waals surface area contributed by atoms with Crippen LogP contribution in [0, 0.1) is 13.8 Å². The first-order valence-electron chi connectivity index (χ1n) is 8.79. The van der Waals surface area contributed by atoms with Gasteiger partial charge < -0.3 is 10.1 Å². The maximum Gasteiger partial charge on any atom is 0.241 e. The van der Waals surface area contributed by atoms with E-state index in [1.807, 2.05) is 38.1 Å². The summed E-state index contributed by atoms with van der Waals surface area (Å²) in [5.41, 5.74) is 2.46. The number of benzene rings is 2. The van der Waals surface area contributed by atoms with E-state index in [4.69, 9.17) is 4.74 Å². The van der Waals surface area contributed by atoms with Gasteiger partial charge in [-0.05, 0) is 56.7 Å². The predicted octanol–water partition coefficient (Wildman–Crippen LogP) is 3.42. The molecule has 0 aromatic heterocycles. The highest BCUT2D eigenvalue weighted by Crippen LogP contribution is 2.24. The maximum absolute atomic E-state index is 12.4. The second-order valence-electron chi connectivity index (χ2n) is 6.80. The fourth-order valence-corrected chi connectivity index (χ4v) is 3.63. The van der Waals surface area contributed by atoms with Crippen LogP contribution in [0.2, 0.25) is 0 Å². The third kappa shape index (κ3) is 6.53. The average molecular weight is 469 g/mol. The van der Waals surface area contributed by atoms with Crippen molar-refractivity contribution in [2.75, 3.05) is 23.7 Å². The number of hydrogen-bond donors (Lipinski definition) is 1. The van der Waals surface area contributed by atoms with Crippen molar-refractivity contribution in [3.8, 4) is 5.75 Å². The number of aryl methyl sites for hydroxylation is 2. The molecular formula is C20H25BrN2O4S. The van der Waals surface area contributed by atoms with Gasteiger partial charge in [0.15, 0.2) is 0 Å². The molecule has 2 aromatic rings. The zero-order chi connectivity index (χ0) is 20.9. The highest BCUT2D eigenvalue weighted by molar-refractivity contribution is 9.10. The Labute approximate surface area is 175 Å². The molecule has 0 saturated carbocycles. The summed E-state index contributed by atoms with van der Waals surface area (Å²) in [5, 5.41) is 2.78. The SMILES string of the molecule is Cc1ccc(OCC(C)NC(=O)CN(c2ccc(Br)c(C)c2)S(C)(=O)=O)cc1. The van der Waals surface area contributed by atoms with Crippen molar-refractivity contribution >= 4 is 37.5 Å². The van der Waals surface area contributed by atoms with E-state index in [2.05, 4.69) is 21.2 Å². The van der Waals surface area contributed by atoms with Crippen LogP contribution in [-0.2, 0) is 14.8 Å². The first-order chi connectivity index (χ1) is 13.1. The first-order valence-corrected chi connectivity index (χ1v) is 11.4. The minimum Gasteiger partial charge on any atom is -0.491 e.